The van der Waals surface area contributed by atoms with Gasteiger partial charge in [0.05, 0.1) is 0 Å². The van der Waals surface area contributed by atoms with Crippen LogP contribution in [0.4, 0.5) is 0 Å². The van der Waals surface area contributed by atoms with Crippen LogP contribution in [0.2, 0.25) is 0 Å². The molecule has 0 fully saturated rings. The number of benzene rings is 1. The van der Waals surface area contributed by atoms with Crippen LogP contribution in [0.1, 0.15) is 43.0 Å². The monoisotopic (exact) mass is 252 g/mol. The van der Waals surface area contributed by atoms with Crippen LogP contribution in [0.25, 0.3) is 10.9 Å². The molecule has 1 aromatic heterocycles. The molecule has 0 radical (unpaired) electrons. The second-order valence-electron chi connectivity index (χ2n) is 5.81. The molecule has 0 bridgehead atoms. The van der Waals surface area contributed by atoms with Crippen molar-refractivity contribution in [2.45, 2.75) is 44.2 Å². The number of fused-ring (bicyclic) bond motifs is 3. The van der Waals surface area contributed by atoms with Gasteiger partial charge in [-0.1, -0.05) is 30.4 Å². The zero-order chi connectivity index (χ0) is 12.7. The summed E-state index contributed by atoms with van der Waals surface area (Å²) < 4.78 is 0. The predicted octanol–water partition coefficient (Wildman–Crippen LogP) is 3.85. The Morgan fingerprint density at radius 2 is 1.95 bits per heavy atom. The topological polar surface area (TPSA) is 27.8 Å². The smallest absolute Gasteiger partial charge is 0.0478 e. The maximum absolute atomic E-state index is 3.84. The third-order valence-electron chi connectivity index (χ3n) is 4.56. The Morgan fingerprint density at radius 3 is 2.84 bits per heavy atom. The highest BCUT2D eigenvalue weighted by Crippen LogP contribution is 2.35. The standard InChI is InChI=1S/C17H20N2/c1-2-7-12(6-1)18-16-11-5-9-14-13-8-3-4-10-15(13)19-17(14)16/h1-4,8,10,12,16,18-19H,5-7,9,11H2. The summed E-state index contributed by atoms with van der Waals surface area (Å²) in [6.45, 7) is 0. The van der Waals surface area contributed by atoms with Gasteiger partial charge in [-0.05, 0) is 43.7 Å². The largest absolute Gasteiger partial charge is 0.357 e. The van der Waals surface area contributed by atoms with Crippen molar-refractivity contribution in [3.05, 3.63) is 47.7 Å². The molecule has 1 heterocycles. The molecule has 19 heavy (non-hydrogen) atoms. The van der Waals surface area contributed by atoms with Crippen LogP contribution in [0.5, 0.6) is 0 Å². The first-order chi connectivity index (χ1) is 9.42. The molecule has 1 atom stereocenters. The van der Waals surface area contributed by atoms with Gasteiger partial charge in [0.2, 0.25) is 0 Å². The van der Waals surface area contributed by atoms with Crippen molar-refractivity contribution in [1.29, 1.82) is 0 Å². The first kappa shape index (κ1) is 11.3. The Balaban J connectivity index is 1.69. The zero-order valence-corrected chi connectivity index (χ0v) is 11.2. The molecular formula is C17H20N2. The summed E-state index contributed by atoms with van der Waals surface area (Å²) >= 11 is 0. The van der Waals surface area contributed by atoms with E-state index in [9.17, 15) is 0 Å². The lowest BCUT2D eigenvalue weighted by Gasteiger charge is -2.27. The fraction of sp³-hybridized carbons (Fsp3) is 0.412. The van der Waals surface area contributed by atoms with Gasteiger partial charge in [0.15, 0.2) is 0 Å². The van der Waals surface area contributed by atoms with Crippen LogP contribution in [0.15, 0.2) is 36.4 Å². The van der Waals surface area contributed by atoms with Crippen molar-refractivity contribution >= 4 is 10.9 Å². The van der Waals surface area contributed by atoms with Gasteiger partial charge in [-0.25, -0.2) is 0 Å². The van der Waals surface area contributed by atoms with Crippen LogP contribution in [0.3, 0.4) is 0 Å². The van der Waals surface area contributed by atoms with Gasteiger partial charge in [0, 0.05) is 28.7 Å². The van der Waals surface area contributed by atoms with E-state index in [0.717, 1.165) is 0 Å². The Morgan fingerprint density at radius 1 is 1.11 bits per heavy atom. The first-order valence-corrected chi connectivity index (χ1v) is 7.42. The average Bonchev–Trinajstić information content (AvgIpc) is 3.06. The van der Waals surface area contributed by atoms with E-state index in [1.807, 2.05) is 0 Å². The SMILES string of the molecule is C1=CCC(NC2CCCc3c2[nH]c2ccccc32)C1. The number of rotatable bonds is 2. The highest BCUT2D eigenvalue weighted by Gasteiger charge is 2.26. The quantitative estimate of drug-likeness (QED) is 0.781. The van der Waals surface area contributed by atoms with Crippen LogP contribution in [-0.2, 0) is 6.42 Å². The maximum atomic E-state index is 3.84. The molecular weight excluding hydrogens is 232 g/mol. The minimum atomic E-state index is 0.515. The number of nitrogens with one attached hydrogen (secondary N) is 2. The van der Waals surface area contributed by atoms with E-state index in [4.69, 9.17) is 0 Å². The second-order valence-corrected chi connectivity index (χ2v) is 5.81. The lowest BCUT2D eigenvalue weighted by Crippen LogP contribution is -2.33. The molecule has 0 amide bonds. The fourth-order valence-corrected chi connectivity index (χ4v) is 3.62. The molecule has 98 valence electrons. The predicted molar refractivity (Wildman–Crippen MR) is 79.3 cm³/mol. The van der Waals surface area contributed by atoms with Crippen LogP contribution < -0.4 is 5.32 Å². The number of H-pyrrole nitrogens is 1. The number of aryl methyl sites for hydroxylation is 1. The molecule has 4 rings (SSSR count). The molecule has 0 spiro atoms. The van der Waals surface area contributed by atoms with Gasteiger partial charge in [-0.15, -0.1) is 0 Å². The normalized spacial score (nSPS) is 23.1. The molecule has 2 aromatic rings. The van der Waals surface area contributed by atoms with Gasteiger partial charge >= 0.3 is 0 Å². The molecule has 0 saturated carbocycles. The molecule has 0 aliphatic heterocycles. The molecule has 1 unspecified atom stereocenters. The summed E-state index contributed by atoms with van der Waals surface area (Å²) in [5.74, 6) is 0. The minimum Gasteiger partial charge on any atom is -0.357 e. The van der Waals surface area contributed by atoms with E-state index in [0.29, 0.717) is 12.1 Å². The third-order valence-corrected chi connectivity index (χ3v) is 4.56. The van der Waals surface area contributed by atoms with E-state index < -0.39 is 0 Å². The Labute approximate surface area is 113 Å². The minimum absolute atomic E-state index is 0.515. The fourth-order valence-electron chi connectivity index (χ4n) is 3.62. The molecule has 2 heteroatoms. The lowest BCUT2D eigenvalue weighted by atomic mass is 9.91. The Hall–Kier alpha value is -1.54. The van der Waals surface area contributed by atoms with E-state index in [1.54, 1.807) is 5.56 Å². The van der Waals surface area contributed by atoms with Gasteiger partial charge in [-0.3, -0.25) is 0 Å². The van der Waals surface area contributed by atoms with Crippen molar-refractivity contribution in [2.75, 3.05) is 0 Å². The van der Waals surface area contributed by atoms with Crippen molar-refractivity contribution in [2.24, 2.45) is 0 Å². The van der Waals surface area contributed by atoms with Gasteiger partial charge in [0.1, 0.15) is 0 Å². The molecule has 2 N–H and O–H groups in total. The molecule has 2 aliphatic carbocycles. The van der Waals surface area contributed by atoms with E-state index in [1.165, 1.54) is 48.7 Å². The summed E-state index contributed by atoms with van der Waals surface area (Å²) in [5.41, 5.74) is 4.29. The lowest BCUT2D eigenvalue weighted by molar-refractivity contribution is 0.398. The molecule has 1 aromatic carbocycles. The Kier molecular flexibility index (Phi) is 2.70. The van der Waals surface area contributed by atoms with Gasteiger partial charge in [-0.2, -0.15) is 0 Å². The number of aromatic amines is 1. The number of hydrogen-bond acceptors (Lipinski definition) is 1. The van der Waals surface area contributed by atoms with Gasteiger partial charge < -0.3 is 10.3 Å². The van der Waals surface area contributed by atoms with Crippen LogP contribution in [0, 0.1) is 0 Å². The highest BCUT2D eigenvalue weighted by atomic mass is 15.0. The van der Waals surface area contributed by atoms with E-state index >= 15 is 0 Å². The maximum Gasteiger partial charge on any atom is 0.0478 e. The Bertz CT molecular complexity index is 615. The number of para-hydroxylation sites is 1. The summed E-state index contributed by atoms with van der Waals surface area (Å²) in [7, 11) is 0. The van der Waals surface area contributed by atoms with Crippen molar-refractivity contribution in [3.8, 4) is 0 Å². The molecule has 0 saturated heterocycles. The van der Waals surface area contributed by atoms with Crippen molar-refractivity contribution in [1.82, 2.24) is 10.3 Å². The summed E-state index contributed by atoms with van der Waals surface area (Å²) in [4.78, 5) is 3.66. The van der Waals surface area contributed by atoms with Crippen LogP contribution >= 0.6 is 0 Å². The van der Waals surface area contributed by atoms with Crippen LogP contribution in [-0.4, -0.2) is 11.0 Å². The highest BCUT2D eigenvalue weighted by molar-refractivity contribution is 5.85. The number of hydrogen-bond donors (Lipinski definition) is 2. The van der Waals surface area contributed by atoms with Crippen molar-refractivity contribution in [3.63, 3.8) is 0 Å². The molecule has 2 aliphatic rings. The second kappa shape index (κ2) is 4.53. The first-order valence-electron chi connectivity index (χ1n) is 7.42. The van der Waals surface area contributed by atoms with Gasteiger partial charge in [0.25, 0.3) is 0 Å². The number of aromatic nitrogens is 1. The van der Waals surface area contributed by atoms with E-state index in [-0.39, 0.29) is 0 Å². The third kappa shape index (κ3) is 1.91. The van der Waals surface area contributed by atoms with E-state index in [2.05, 4.69) is 46.7 Å². The summed E-state index contributed by atoms with van der Waals surface area (Å²) in [6.07, 6.45) is 10.8. The summed E-state index contributed by atoms with van der Waals surface area (Å²) in [5, 5.41) is 5.27. The molecule has 2 nitrogen and oxygen atoms in total. The van der Waals surface area contributed by atoms with Crippen molar-refractivity contribution < 1.29 is 0 Å². The summed E-state index contributed by atoms with van der Waals surface area (Å²) in [6, 6.07) is 9.87. The average molecular weight is 252 g/mol. The zero-order valence-electron chi connectivity index (χ0n) is 11.2.